The first-order valence-corrected chi connectivity index (χ1v) is 35.3. The van der Waals surface area contributed by atoms with E-state index in [1.807, 2.05) is 0 Å². The van der Waals surface area contributed by atoms with E-state index in [2.05, 4.69) is 360 Å². The molecule has 0 aliphatic heterocycles. The molecule has 5 nitrogen and oxygen atoms in total. The molecule has 0 atom stereocenters. The average molecular weight is 1190 g/mol. The maximum atomic E-state index is 5.84. The van der Waals surface area contributed by atoms with Crippen LogP contribution in [0.1, 0.15) is 52.7 Å². The molecule has 0 saturated carbocycles. The molecule has 0 aliphatic carbocycles. The molecule has 3 aromatic heterocycles. The minimum Gasteiger partial charge on any atom is -0.309 e. The zero-order valence-corrected chi connectivity index (χ0v) is 53.7. The molecule has 12 aromatic carbocycles. The van der Waals surface area contributed by atoms with Gasteiger partial charge in [0.2, 0.25) is 5.95 Å². The number of hydrogen-bond donors (Lipinski definition) is 0. The number of hydrogen-bond acceptors (Lipinski definition) is 3. The lowest BCUT2D eigenvalue weighted by atomic mass is 9.79. The minimum absolute atomic E-state index is 0.147. The molecule has 434 valence electrons. The number of para-hydroxylation sites is 2. The lowest BCUT2D eigenvalue weighted by molar-refractivity contribution is 0.572. The summed E-state index contributed by atoms with van der Waals surface area (Å²) in [6.45, 7) is 14.0. The van der Waals surface area contributed by atoms with Crippen LogP contribution in [-0.4, -0.2) is 40.2 Å². The highest BCUT2D eigenvalue weighted by atomic mass is 28.3. The van der Waals surface area contributed by atoms with Crippen LogP contribution in [-0.2, 0) is 10.8 Å². The summed E-state index contributed by atoms with van der Waals surface area (Å²) in [7, 11) is -5.98. The second-order valence-electron chi connectivity index (χ2n) is 26.0. The molecule has 90 heavy (non-hydrogen) atoms. The Balaban J connectivity index is 1.04. The van der Waals surface area contributed by atoms with Crippen LogP contribution in [0.2, 0.25) is 0 Å². The van der Waals surface area contributed by atoms with Gasteiger partial charge < -0.3 is 4.57 Å². The number of rotatable bonds is 12. The first kappa shape index (κ1) is 56.2. The molecule has 0 bridgehead atoms. The summed E-state index contributed by atoms with van der Waals surface area (Å²) in [5.41, 5.74) is 9.42. The quantitative estimate of drug-likeness (QED) is 0.0905. The van der Waals surface area contributed by atoms with Crippen LogP contribution in [0, 0.1) is 0 Å². The smallest absolute Gasteiger partial charge is 0.238 e. The van der Waals surface area contributed by atoms with Crippen molar-refractivity contribution in [2.75, 3.05) is 0 Å². The van der Waals surface area contributed by atoms with E-state index in [1.54, 1.807) is 0 Å². The molecule has 0 aliphatic rings. The van der Waals surface area contributed by atoms with Gasteiger partial charge in [0, 0.05) is 38.4 Å². The van der Waals surface area contributed by atoms with E-state index in [4.69, 9.17) is 15.0 Å². The van der Waals surface area contributed by atoms with Gasteiger partial charge in [0.25, 0.3) is 0 Å². The Morgan fingerprint density at radius 1 is 0.278 bits per heavy atom. The van der Waals surface area contributed by atoms with Gasteiger partial charge in [-0.05, 0) is 99.8 Å². The Morgan fingerprint density at radius 3 is 1.03 bits per heavy atom. The van der Waals surface area contributed by atoms with Crippen LogP contribution in [0.25, 0.3) is 78.0 Å². The van der Waals surface area contributed by atoms with Crippen molar-refractivity contribution in [3.8, 4) is 34.4 Å². The summed E-state index contributed by atoms with van der Waals surface area (Å²) in [4.78, 5) is 17.4. The molecule has 0 spiro atoms. The molecule has 0 fully saturated rings. The molecule has 15 aromatic rings. The van der Waals surface area contributed by atoms with E-state index in [9.17, 15) is 0 Å². The average Bonchev–Trinajstić information content (AvgIpc) is 1.35. The van der Waals surface area contributed by atoms with Crippen molar-refractivity contribution in [2.24, 2.45) is 0 Å². The Bertz CT molecular complexity index is 4690. The van der Waals surface area contributed by atoms with Crippen LogP contribution >= 0.6 is 0 Å². The monoisotopic (exact) mass is 1190 g/mol. The Labute approximate surface area is 529 Å². The Morgan fingerprint density at radius 2 is 0.644 bits per heavy atom. The van der Waals surface area contributed by atoms with Gasteiger partial charge in [-0.3, -0.25) is 4.57 Å². The van der Waals surface area contributed by atoms with Crippen LogP contribution in [0.15, 0.2) is 309 Å². The first-order chi connectivity index (χ1) is 43.9. The summed E-state index contributed by atoms with van der Waals surface area (Å²) in [5.74, 6) is 1.75. The van der Waals surface area contributed by atoms with Gasteiger partial charge >= 0.3 is 0 Å². The van der Waals surface area contributed by atoms with Crippen LogP contribution in [0.5, 0.6) is 0 Å². The zero-order valence-electron chi connectivity index (χ0n) is 51.7. The lowest BCUT2D eigenvalue weighted by Crippen LogP contribution is -2.74. The Kier molecular flexibility index (Phi) is 14.0. The molecular weight excluding hydrogens is 1120 g/mol. The molecule has 7 heteroatoms. The molecular formula is C83H69N5Si2. The highest BCUT2D eigenvalue weighted by molar-refractivity contribution is 7.20. The standard InChI is InChI=1S/C83H69N5Si2/c1-82(2,3)60-55-73-72-57-61(87-75-49-27-25-47-70(75)71-48-26-28-50-76(71)87)51-52-77(72)88(78(73)74(56-60)83(4,5)6)81-85-79(58-31-29-45-68(53-58)89(62-33-13-7-14-34-62,63-35-15-8-16-36-63)64-37-17-9-18-38-64)84-80(86-81)59-32-30-46-69(54-59)90(65-39-19-10-20-40-65,66-41-21-11-22-42-66)67-43-23-12-24-44-67/h7-57H,1-6H3. The van der Waals surface area contributed by atoms with Crippen molar-refractivity contribution in [1.29, 1.82) is 0 Å². The van der Waals surface area contributed by atoms with E-state index >= 15 is 0 Å². The summed E-state index contributed by atoms with van der Waals surface area (Å²) in [5, 5.41) is 15.0. The number of nitrogens with zero attached hydrogens (tertiary/aromatic N) is 5. The largest absolute Gasteiger partial charge is 0.309 e. The number of benzene rings is 12. The van der Waals surface area contributed by atoms with Gasteiger partial charge in [0.05, 0.1) is 22.1 Å². The predicted molar refractivity (Wildman–Crippen MR) is 384 cm³/mol. The lowest BCUT2D eigenvalue weighted by Gasteiger charge is -2.34. The molecule has 3 heterocycles. The first-order valence-electron chi connectivity index (χ1n) is 31.3. The highest BCUT2D eigenvalue weighted by Gasteiger charge is 2.43. The summed E-state index contributed by atoms with van der Waals surface area (Å²) >= 11 is 0. The van der Waals surface area contributed by atoms with Gasteiger partial charge in [0.1, 0.15) is 0 Å². The third-order valence-electron chi connectivity index (χ3n) is 18.5. The highest BCUT2D eigenvalue weighted by Crippen LogP contribution is 2.43. The summed E-state index contributed by atoms with van der Waals surface area (Å²) < 4.78 is 4.79. The molecule has 0 unspecified atom stereocenters. The third kappa shape index (κ3) is 9.38. The second kappa shape index (κ2) is 22.4. The maximum absolute atomic E-state index is 5.84. The van der Waals surface area contributed by atoms with E-state index in [0.717, 1.165) is 38.6 Å². The van der Waals surface area contributed by atoms with E-state index in [0.29, 0.717) is 17.6 Å². The van der Waals surface area contributed by atoms with E-state index < -0.39 is 16.1 Å². The van der Waals surface area contributed by atoms with Gasteiger partial charge in [-0.15, -0.1) is 0 Å². The van der Waals surface area contributed by atoms with Crippen molar-refractivity contribution in [3.63, 3.8) is 0 Å². The second-order valence-corrected chi connectivity index (χ2v) is 33.6. The normalized spacial score (nSPS) is 12.3. The number of aromatic nitrogens is 5. The SMILES string of the molecule is CC(C)(C)c1cc(C(C)(C)C)c2c(c1)c1cc(-n3c4ccccc4c4ccccc43)ccc1n2-c1nc(-c2cccc([Si](c3ccccc3)(c3ccccc3)c3ccccc3)c2)nc(-c2cccc([Si](c3ccccc3)(c3ccccc3)c3ccccc3)c2)n1. The molecule has 0 saturated heterocycles. The van der Waals surface area contributed by atoms with Crippen molar-refractivity contribution in [3.05, 3.63) is 321 Å². The fourth-order valence-corrected chi connectivity index (χ4v) is 23.9. The fourth-order valence-electron chi connectivity index (χ4n) is 14.3. The van der Waals surface area contributed by atoms with Gasteiger partial charge in [-0.2, -0.15) is 9.97 Å². The van der Waals surface area contributed by atoms with E-state index in [1.165, 1.54) is 74.4 Å². The van der Waals surface area contributed by atoms with Crippen molar-refractivity contribution < 1.29 is 0 Å². The van der Waals surface area contributed by atoms with Gasteiger partial charge in [-0.1, -0.05) is 315 Å². The number of fused-ring (bicyclic) bond motifs is 6. The van der Waals surface area contributed by atoms with Crippen molar-refractivity contribution in [1.82, 2.24) is 24.1 Å². The van der Waals surface area contributed by atoms with Gasteiger partial charge in [-0.25, -0.2) is 4.98 Å². The third-order valence-corrected chi connectivity index (χ3v) is 28.1. The minimum atomic E-state index is -2.99. The summed E-state index contributed by atoms with van der Waals surface area (Å²) in [6, 6.07) is 115. The van der Waals surface area contributed by atoms with Crippen molar-refractivity contribution in [2.45, 2.75) is 52.4 Å². The zero-order chi connectivity index (χ0) is 61.2. The molecule has 0 radical (unpaired) electrons. The topological polar surface area (TPSA) is 48.5 Å². The molecule has 0 amide bonds. The van der Waals surface area contributed by atoms with Crippen LogP contribution in [0.3, 0.4) is 0 Å². The fraction of sp³-hybridized carbons (Fsp3) is 0.0964. The van der Waals surface area contributed by atoms with Crippen LogP contribution < -0.4 is 41.5 Å². The molecule has 15 rings (SSSR count). The van der Waals surface area contributed by atoms with Crippen LogP contribution in [0.4, 0.5) is 0 Å². The van der Waals surface area contributed by atoms with Crippen molar-refractivity contribution >= 4 is 101 Å². The molecule has 0 N–H and O–H groups in total. The predicted octanol–water partition coefficient (Wildman–Crippen LogP) is 14.7. The van der Waals surface area contributed by atoms with Gasteiger partial charge in [0.15, 0.2) is 27.8 Å². The Hall–Kier alpha value is -10.3. The van der Waals surface area contributed by atoms with E-state index in [-0.39, 0.29) is 10.8 Å². The maximum Gasteiger partial charge on any atom is 0.238 e. The summed E-state index contributed by atoms with van der Waals surface area (Å²) in [6.07, 6.45) is 0.